The molecule has 0 aliphatic carbocycles. The Morgan fingerprint density at radius 1 is 0.788 bits per heavy atom. The fourth-order valence-corrected chi connectivity index (χ4v) is 3.45. The van der Waals surface area contributed by atoms with E-state index in [1.54, 1.807) is 0 Å². The highest BCUT2D eigenvalue weighted by molar-refractivity contribution is 5.88. The smallest absolute Gasteiger partial charge is 0.407 e. The summed E-state index contributed by atoms with van der Waals surface area (Å²) in [5.74, 6) is -1.61. The molecule has 3 rings (SSSR count). The van der Waals surface area contributed by atoms with Crippen LogP contribution in [0.4, 0.5) is 4.79 Å². The Labute approximate surface area is 192 Å². The Morgan fingerprint density at radius 3 is 1.82 bits per heavy atom. The molecule has 2 amide bonds. The van der Waals surface area contributed by atoms with Gasteiger partial charge >= 0.3 is 12.1 Å². The van der Waals surface area contributed by atoms with Crippen LogP contribution in [0.5, 0.6) is 0 Å². The summed E-state index contributed by atoms with van der Waals surface area (Å²) in [7, 11) is 1.27. The molecule has 0 bridgehead atoms. The van der Waals surface area contributed by atoms with E-state index in [1.165, 1.54) is 7.11 Å². The van der Waals surface area contributed by atoms with Crippen molar-refractivity contribution >= 4 is 18.0 Å². The Hall–Kier alpha value is -4.13. The first kappa shape index (κ1) is 23.5. The average molecular weight is 447 g/mol. The maximum Gasteiger partial charge on any atom is 0.407 e. The largest absolute Gasteiger partial charge is 0.467 e. The Balaban J connectivity index is 1.68. The van der Waals surface area contributed by atoms with Crippen LogP contribution in [-0.2, 0) is 25.7 Å². The van der Waals surface area contributed by atoms with Crippen LogP contribution in [-0.4, -0.2) is 37.7 Å². The van der Waals surface area contributed by atoms with Crippen molar-refractivity contribution < 1.29 is 23.9 Å². The molecule has 0 aliphatic rings. The van der Waals surface area contributed by atoms with Crippen molar-refractivity contribution in [2.45, 2.75) is 18.6 Å². The van der Waals surface area contributed by atoms with Crippen LogP contribution in [0.15, 0.2) is 91.0 Å². The molecule has 0 fully saturated rings. The van der Waals surface area contributed by atoms with E-state index in [1.807, 2.05) is 91.0 Å². The number of methoxy groups -OCH3 is 1. The van der Waals surface area contributed by atoms with E-state index in [4.69, 9.17) is 9.47 Å². The van der Waals surface area contributed by atoms with Gasteiger partial charge in [0.15, 0.2) is 0 Å². The van der Waals surface area contributed by atoms with Crippen molar-refractivity contribution in [2.75, 3.05) is 13.7 Å². The highest BCUT2D eigenvalue weighted by Gasteiger charge is 2.33. The number of carbonyl (C=O) groups is 3. The minimum atomic E-state index is -0.991. The van der Waals surface area contributed by atoms with Crippen LogP contribution in [0.2, 0.25) is 0 Å². The molecule has 0 heterocycles. The molecule has 0 saturated carbocycles. The van der Waals surface area contributed by atoms with Gasteiger partial charge in [-0.15, -0.1) is 0 Å². The van der Waals surface area contributed by atoms with Gasteiger partial charge in [0, 0.05) is 5.92 Å². The van der Waals surface area contributed by atoms with Gasteiger partial charge in [0.25, 0.3) is 0 Å². The molecule has 33 heavy (non-hydrogen) atoms. The van der Waals surface area contributed by atoms with Gasteiger partial charge in [-0.1, -0.05) is 91.0 Å². The fourth-order valence-electron chi connectivity index (χ4n) is 3.45. The molecular formula is C26H26N2O5. The van der Waals surface area contributed by atoms with Crippen molar-refractivity contribution in [3.63, 3.8) is 0 Å². The van der Waals surface area contributed by atoms with E-state index < -0.39 is 29.9 Å². The second-order valence-corrected chi connectivity index (χ2v) is 7.28. The van der Waals surface area contributed by atoms with Gasteiger partial charge in [-0.3, -0.25) is 4.79 Å². The first-order valence-corrected chi connectivity index (χ1v) is 10.5. The first-order chi connectivity index (χ1) is 16.1. The van der Waals surface area contributed by atoms with Gasteiger partial charge in [0.05, 0.1) is 7.11 Å². The van der Waals surface area contributed by atoms with Crippen LogP contribution in [0.3, 0.4) is 0 Å². The number of esters is 1. The maximum absolute atomic E-state index is 12.7. The van der Waals surface area contributed by atoms with Crippen molar-refractivity contribution in [1.29, 1.82) is 0 Å². The molecule has 1 atom stereocenters. The van der Waals surface area contributed by atoms with E-state index in [0.717, 1.165) is 16.7 Å². The second-order valence-electron chi connectivity index (χ2n) is 7.28. The molecule has 0 spiro atoms. The third-order valence-corrected chi connectivity index (χ3v) is 5.03. The molecule has 3 aromatic carbocycles. The van der Waals surface area contributed by atoms with E-state index in [0.29, 0.717) is 0 Å². The zero-order valence-corrected chi connectivity index (χ0v) is 18.3. The standard InChI is InChI=1S/C26H26N2O5/c1-32-25(30)24(23(20-13-7-3-8-14-20)21-15-9-4-10-16-21)28-22(29)17-27-26(31)33-18-19-11-5-2-6-12-19/h2-16,23-24H,17-18H2,1H3,(H,27,31)(H,28,29)/t24-/m1/s1. The van der Waals surface area contributed by atoms with Gasteiger partial charge in [-0.2, -0.15) is 0 Å². The van der Waals surface area contributed by atoms with Crippen molar-refractivity contribution in [1.82, 2.24) is 10.6 Å². The number of nitrogens with one attached hydrogen (secondary N) is 2. The molecule has 3 aromatic rings. The average Bonchev–Trinajstić information content (AvgIpc) is 2.87. The second kappa shape index (κ2) is 12.0. The van der Waals surface area contributed by atoms with Crippen LogP contribution in [0.1, 0.15) is 22.6 Å². The molecule has 7 nitrogen and oxygen atoms in total. The summed E-state index contributed by atoms with van der Waals surface area (Å²) in [5, 5.41) is 5.12. The zero-order valence-electron chi connectivity index (χ0n) is 18.3. The van der Waals surface area contributed by atoms with Crippen LogP contribution < -0.4 is 10.6 Å². The van der Waals surface area contributed by atoms with Gasteiger partial charge in [0.1, 0.15) is 19.2 Å². The van der Waals surface area contributed by atoms with Gasteiger partial charge < -0.3 is 20.1 Å². The molecule has 0 unspecified atom stereocenters. The summed E-state index contributed by atoms with van der Waals surface area (Å²) in [6.45, 7) is -0.263. The lowest BCUT2D eigenvalue weighted by atomic mass is 9.85. The number of hydrogen-bond donors (Lipinski definition) is 2. The van der Waals surface area contributed by atoms with Crippen LogP contribution in [0, 0.1) is 0 Å². The van der Waals surface area contributed by atoms with Gasteiger partial charge in [-0.25, -0.2) is 9.59 Å². The lowest BCUT2D eigenvalue weighted by Gasteiger charge is -2.27. The fraction of sp³-hybridized carbons (Fsp3) is 0.192. The monoisotopic (exact) mass is 446 g/mol. The third-order valence-electron chi connectivity index (χ3n) is 5.03. The van der Waals surface area contributed by atoms with Crippen molar-refractivity contribution in [3.05, 3.63) is 108 Å². The number of alkyl carbamates (subject to hydrolysis) is 1. The molecule has 170 valence electrons. The first-order valence-electron chi connectivity index (χ1n) is 10.5. The van der Waals surface area contributed by atoms with E-state index in [2.05, 4.69) is 10.6 Å². The molecular weight excluding hydrogens is 420 g/mol. The third kappa shape index (κ3) is 6.93. The predicted octanol–water partition coefficient (Wildman–Crippen LogP) is 3.40. The summed E-state index contributed by atoms with van der Waals surface area (Å²) in [4.78, 5) is 37.3. The Morgan fingerprint density at radius 2 is 1.30 bits per heavy atom. The molecule has 0 aliphatic heterocycles. The topological polar surface area (TPSA) is 93.7 Å². The predicted molar refractivity (Wildman–Crippen MR) is 123 cm³/mol. The summed E-state index contributed by atoms with van der Waals surface area (Å²) in [6, 6.07) is 27.0. The molecule has 0 aromatic heterocycles. The van der Waals surface area contributed by atoms with Gasteiger partial charge in [0.2, 0.25) is 5.91 Å². The lowest BCUT2D eigenvalue weighted by molar-refractivity contribution is -0.145. The molecule has 0 radical (unpaired) electrons. The maximum atomic E-state index is 12.7. The van der Waals surface area contributed by atoms with E-state index >= 15 is 0 Å². The van der Waals surface area contributed by atoms with E-state index in [9.17, 15) is 14.4 Å². The highest BCUT2D eigenvalue weighted by Crippen LogP contribution is 2.28. The van der Waals surface area contributed by atoms with Crippen LogP contribution in [0.25, 0.3) is 0 Å². The van der Waals surface area contributed by atoms with Crippen LogP contribution >= 0.6 is 0 Å². The SMILES string of the molecule is COC(=O)[C@H](NC(=O)CNC(=O)OCc1ccccc1)C(c1ccccc1)c1ccccc1. The minimum absolute atomic E-state index is 0.0865. The number of amides is 2. The van der Waals surface area contributed by atoms with Crippen molar-refractivity contribution in [2.24, 2.45) is 0 Å². The summed E-state index contributed by atoms with van der Waals surface area (Å²) >= 11 is 0. The zero-order chi connectivity index (χ0) is 23.5. The molecule has 0 saturated heterocycles. The summed E-state index contributed by atoms with van der Waals surface area (Å²) in [5.41, 5.74) is 2.51. The minimum Gasteiger partial charge on any atom is -0.467 e. The number of rotatable bonds is 9. The number of hydrogen-bond acceptors (Lipinski definition) is 5. The van der Waals surface area contributed by atoms with Gasteiger partial charge in [-0.05, 0) is 16.7 Å². The molecule has 7 heteroatoms. The highest BCUT2D eigenvalue weighted by atomic mass is 16.5. The molecule has 2 N–H and O–H groups in total. The summed E-state index contributed by atoms with van der Waals surface area (Å²) in [6.07, 6.45) is -0.730. The number of benzene rings is 3. The number of ether oxygens (including phenoxy) is 2. The normalized spacial score (nSPS) is 11.3. The van der Waals surface area contributed by atoms with E-state index in [-0.39, 0.29) is 13.2 Å². The quantitative estimate of drug-likeness (QED) is 0.492. The Bertz CT molecular complexity index is 1000. The number of carbonyl (C=O) groups excluding carboxylic acids is 3. The Kier molecular flexibility index (Phi) is 8.59. The summed E-state index contributed by atoms with van der Waals surface area (Å²) < 4.78 is 10.1. The lowest BCUT2D eigenvalue weighted by Crippen LogP contribution is -2.49. The van der Waals surface area contributed by atoms with Crippen molar-refractivity contribution in [3.8, 4) is 0 Å².